The van der Waals surface area contributed by atoms with Gasteiger partial charge in [0, 0.05) is 6.07 Å². The van der Waals surface area contributed by atoms with Gasteiger partial charge in [0.15, 0.2) is 5.82 Å². The van der Waals surface area contributed by atoms with Gasteiger partial charge in [-0.1, -0.05) is 11.2 Å². The molecule has 0 saturated heterocycles. The number of benzene rings is 1. The zero-order valence-corrected chi connectivity index (χ0v) is 10.6. The SMILES string of the molecule is Nc1c(-c2nc(C3(N)CCC3)no2)cccc1[N+](=O)[O-]. The number of rotatable bonds is 3. The van der Waals surface area contributed by atoms with E-state index in [-0.39, 0.29) is 17.3 Å². The molecule has 1 heterocycles. The molecule has 0 bridgehead atoms. The van der Waals surface area contributed by atoms with Crippen molar-refractivity contribution in [2.24, 2.45) is 5.73 Å². The average molecular weight is 275 g/mol. The Labute approximate surface area is 113 Å². The summed E-state index contributed by atoms with van der Waals surface area (Å²) in [6.45, 7) is 0. The third-order valence-corrected chi connectivity index (χ3v) is 3.63. The van der Waals surface area contributed by atoms with Crippen LogP contribution in [0, 0.1) is 10.1 Å². The van der Waals surface area contributed by atoms with Crippen LogP contribution in [-0.4, -0.2) is 15.1 Å². The van der Waals surface area contributed by atoms with Crippen molar-refractivity contribution in [2.45, 2.75) is 24.8 Å². The van der Waals surface area contributed by atoms with Crippen molar-refractivity contribution >= 4 is 11.4 Å². The van der Waals surface area contributed by atoms with E-state index in [1.807, 2.05) is 0 Å². The lowest BCUT2D eigenvalue weighted by Gasteiger charge is -2.34. The van der Waals surface area contributed by atoms with Crippen LogP contribution >= 0.6 is 0 Å². The van der Waals surface area contributed by atoms with Crippen molar-refractivity contribution in [2.75, 3.05) is 5.73 Å². The quantitative estimate of drug-likeness (QED) is 0.493. The second-order valence-corrected chi connectivity index (χ2v) is 4.93. The summed E-state index contributed by atoms with van der Waals surface area (Å²) in [6.07, 6.45) is 2.63. The van der Waals surface area contributed by atoms with Crippen LogP contribution in [0.3, 0.4) is 0 Å². The van der Waals surface area contributed by atoms with Gasteiger partial charge in [0.1, 0.15) is 5.69 Å². The fraction of sp³-hybridized carbons (Fsp3) is 0.333. The second-order valence-electron chi connectivity index (χ2n) is 4.93. The summed E-state index contributed by atoms with van der Waals surface area (Å²) in [5.41, 5.74) is 11.5. The van der Waals surface area contributed by atoms with Gasteiger partial charge in [-0.25, -0.2) is 0 Å². The molecular weight excluding hydrogens is 262 g/mol. The molecule has 0 radical (unpaired) electrons. The minimum Gasteiger partial charge on any atom is -0.393 e. The van der Waals surface area contributed by atoms with Gasteiger partial charge in [0.25, 0.3) is 11.6 Å². The number of nitrogens with zero attached hydrogens (tertiary/aromatic N) is 3. The smallest absolute Gasteiger partial charge is 0.292 e. The molecule has 1 saturated carbocycles. The van der Waals surface area contributed by atoms with Gasteiger partial charge in [-0.15, -0.1) is 0 Å². The predicted molar refractivity (Wildman–Crippen MR) is 70.5 cm³/mol. The minimum atomic E-state index is -0.549. The lowest BCUT2D eigenvalue weighted by atomic mass is 9.77. The predicted octanol–water partition coefficient (Wildman–Crippen LogP) is 1.56. The van der Waals surface area contributed by atoms with Crippen LogP contribution in [0.25, 0.3) is 11.5 Å². The molecule has 1 aromatic carbocycles. The Bertz CT molecular complexity index is 677. The molecule has 20 heavy (non-hydrogen) atoms. The Kier molecular flexibility index (Phi) is 2.68. The van der Waals surface area contributed by atoms with E-state index < -0.39 is 10.5 Å². The van der Waals surface area contributed by atoms with E-state index >= 15 is 0 Å². The third kappa shape index (κ3) is 1.81. The van der Waals surface area contributed by atoms with E-state index in [4.69, 9.17) is 16.0 Å². The van der Waals surface area contributed by atoms with E-state index in [9.17, 15) is 10.1 Å². The molecule has 3 rings (SSSR count). The summed E-state index contributed by atoms with van der Waals surface area (Å²) in [6, 6.07) is 4.45. The highest BCUT2D eigenvalue weighted by atomic mass is 16.6. The number of para-hydroxylation sites is 1. The van der Waals surface area contributed by atoms with Gasteiger partial charge in [0.2, 0.25) is 0 Å². The number of nitro benzene ring substituents is 1. The van der Waals surface area contributed by atoms with Gasteiger partial charge < -0.3 is 16.0 Å². The van der Waals surface area contributed by atoms with Crippen molar-refractivity contribution in [3.8, 4) is 11.5 Å². The highest BCUT2D eigenvalue weighted by molar-refractivity contribution is 5.78. The molecule has 0 spiro atoms. The highest BCUT2D eigenvalue weighted by Crippen LogP contribution is 2.38. The van der Waals surface area contributed by atoms with Crippen molar-refractivity contribution in [3.05, 3.63) is 34.1 Å². The lowest BCUT2D eigenvalue weighted by Crippen LogP contribution is -2.44. The van der Waals surface area contributed by atoms with Crippen LogP contribution in [-0.2, 0) is 5.54 Å². The van der Waals surface area contributed by atoms with Crippen LogP contribution < -0.4 is 11.5 Å². The second kappa shape index (κ2) is 4.27. The van der Waals surface area contributed by atoms with E-state index in [0.29, 0.717) is 11.4 Å². The first-order valence-electron chi connectivity index (χ1n) is 6.17. The number of hydrogen-bond acceptors (Lipinski definition) is 7. The molecule has 1 fully saturated rings. The monoisotopic (exact) mass is 275 g/mol. The first kappa shape index (κ1) is 12.5. The van der Waals surface area contributed by atoms with Crippen LogP contribution in [0.15, 0.2) is 22.7 Å². The van der Waals surface area contributed by atoms with E-state index in [1.165, 1.54) is 12.1 Å². The summed E-state index contributed by atoms with van der Waals surface area (Å²) < 4.78 is 5.14. The average Bonchev–Trinajstić information content (AvgIpc) is 2.85. The van der Waals surface area contributed by atoms with Gasteiger partial charge >= 0.3 is 0 Å². The van der Waals surface area contributed by atoms with Crippen LogP contribution in [0.4, 0.5) is 11.4 Å². The third-order valence-electron chi connectivity index (χ3n) is 3.63. The maximum atomic E-state index is 10.9. The van der Waals surface area contributed by atoms with Crippen molar-refractivity contribution < 1.29 is 9.45 Å². The van der Waals surface area contributed by atoms with E-state index in [2.05, 4.69) is 10.1 Å². The Morgan fingerprint density at radius 3 is 2.75 bits per heavy atom. The summed E-state index contributed by atoms with van der Waals surface area (Å²) in [5, 5.41) is 14.7. The molecule has 2 aromatic rings. The topological polar surface area (TPSA) is 134 Å². The summed E-state index contributed by atoms with van der Waals surface area (Å²) in [5.74, 6) is 0.572. The lowest BCUT2D eigenvalue weighted by molar-refractivity contribution is -0.383. The van der Waals surface area contributed by atoms with Crippen molar-refractivity contribution in [1.29, 1.82) is 0 Å². The Morgan fingerprint density at radius 1 is 1.40 bits per heavy atom. The van der Waals surface area contributed by atoms with Crippen LogP contribution in [0.2, 0.25) is 0 Å². The summed E-state index contributed by atoms with van der Waals surface area (Å²) >= 11 is 0. The molecule has 4 N–H and O–H groups in total. The molecule has 104 valence electrons. The number of nitrogen functional groups attached to an aromatic ring is 1. The van der Waals surface area contributed by atoms with Crippen molar-refractivity contribution in [1.82, 2.24) is 10.1 Å². The van der Waals surface area contributed by atoms with E-state index in [1.54, 1.807) is 6.07 Å². The molecule has 0 unspecified atom stereocenters. The molecule has 8 heteroatoms. The molecule has 0 aliphatic heterocycles. The number of nitrogens with two attached hydrogens (primary N) is 2. The molecule has 1 aliphatic carbocycles. The van der Waals surface area contributed by atoms with Crippen molar-refractivity contribution in [3.63, 3.8) is 0 Å². The van der Waals surface area contributed by atoms with Crippen LogP contribution in [0.1, 0.15) is 25.1 Å². The summed E-state index contributed by atoms with van der Waals surface area (Å²) in [7, 11) is 0. The van der Waals surface area contributed by atoms with Crippen LogP contribution in [0.5, 0.6) is 0 Å². The Morgan fingerprint density at radius 2 is 2.15 bits per heavy atom. The Hall–Kier alpha value is -2.48. The minimum absolute atomic E-state index is 0.00683. The van der Waals surface area contributed by atoms with E-state index in [0.717, 1.165) is 19.3 Å². The molecule has 1 aromatic heterocycles. The molecule has 8 nitrogen and oxygen atoms in total. The number of aromatic nitrogens is 2. The van der Waals surface area contributed by atoms with Gasteiger partial charge in [-0.05, 0) is 25.3 Å². The zero-order chi connectivity index (χ0) is 14.3. The van der Waals surface area contributed by atoms with Gasteiger partial charge in [-0.3, -0.25) is 10.1 Å². The molecule has 0 amide bonds. The molecular formula is C12H13N5O3. The standard InChI is InChI=1S/C12H13N5O3/c13-9-7(3-1-4-8(9)17(18)19)10-15-11(16-20-10)12(14)5-2-6-12/h1,3-4H,2,5-6,13-14H2. The molecule has 1 aliphatic rings. The fourth-order valence-electron chi connectivity index (χ4n) is 2.22. The van der Waals surface area contributed by atoms with Gasteiger partial charge in [-0.2, -0.15) is 4.98 Å². The number of nitro groups is 1. The Balaban J connectivity index is 2.02. The number of hydrogen-bond donors (Lipinski definition) is 2. The summed E-state index contributed by atoms with van der Waals surface area (Å²) in [4.78, 5) is 14.5. The number of anilines is 1. The van der Waals surface area contributed by atoms with Gasteiger partial charge in [0.05, 0.1) is 16.0 Å². The fourth-order valence-corrected chi connectivity index (χ4v) is 2.22. The molecule has 0 atom stereocenters. The first-order valence-corrected chi connectivity index (χ1v) is 6.17. The normalized spacial score (nSPS) is 16.6. The maximum Gasteiger partial charge on any atom is 0.292 e. The largest absolute Gasteiger partial charge is 0.393 e. The highest BCUT2D eigenvalue weighted by Gasteiger charge is 2.39. The zero-order valence-electron chi connectivity index (χ0n) is 10.6. The first-order chi connectivity index (χ1) is 9.51. The maximum absolute atomic E-state index is 10.9.